The van der Waals surface area contributed by atoms with E-state index in [2.05, 4.69) is 10.6 Å². The number of hydrogen-bond acceptors (Lipinski definition) is 5. The van der Waals surface area contributed by atoms with Gasteiger partial charge in [0.15, 0.2) is 0 Å². The third-order valence-corrected chi connectivity index (χ3v) is 8.13. The van der Waals surface area contributed by atoms with E-state index in [4.69, 9.17) is 4.42 Å². The Morgan fingerprint density at radius 2 is 1.37 bits per heavy atom. The quantitative estimate of drug-likeness (QED) is 0.221. The van der Waals surface area contributed by atoms with Gasteiger partial charge in [-0.25, -0.2) is 8.42 Å². The molecule has 0 atom stereocenters. The van der Waals surface area contributed by atoms with E-state index in [1.54, 1.807) is 115 Å². The summed E-state index contributed by atoms with van der Waals surface area (Å²) in [7, 11) is -3.84. The first-order chi connectivity index (χ1) is 19.9. The van der Waals surface area contributed by atoms with Crippen LogP contribution in [0.25, 0.3) is 0 Å². The Kier molecular flexibility index (Phi) is 8.26. The highest BCUT2D eigenvalue weighted by molar-refractivity contribution is 7.92. The molecule has 2 N–H and O–H groups in total. The Bertz CT molecular complexity index is 1720. The molecule has 0 saturated heterocycles. The SMILES string of the molecule is O=C(Nc1ccccc1C(=O)NCc1ccco1)c1ccc(CN(c2ccccc2)S(=O)(=O)c2ccccc2)cc1. The lowest BCUT2D eigenvalue weighted by atomic mass is 10.1. The van der Waals surface area contributed by atoms with Crippen LogP contribution >= 0.6 is 0 Å². The van der Waals surface area contributed by atoms with Gasteiger partial charge in [0.1, 0.15) is 5.76 Å². The van der Waals surface area contributed by atoms with Crippen molar-refractivity contribution in [3.8, 4) is 0 Å². The minimum absolute atomic E-state index is 0.0712. The summed E-state index contributed by atoms with van der Waals surface area (Å²) in [5, 5.41) is 5.58. The number of carbonyl (C=O) groups excluding carboxylic acids is 2. The molecule has 9 heteroatoms. The molecule has 8 nitrogen and oxygen atoms in total. The number of sulfonamides is 1. The number of anilines is 2. The molecule has 0 aliphatic carbocycles. The van der Waals surface area contributed by atoms with Gasteiger partial charge in [0.25, 0.3) is 21.8 Å². The van der Waals surface area contributed by atoms with Gasteiger partial charge in [-0.05, 0) is 66.2 Å². The smallest absolute Gasteiger partial charge is 0.264 e. The number of rotatable bonds is 10. The lowest BCUT2D eigenvalue weighted by Gasteiger charge is -2.25. The fraction of sp³-hybridized carbons (Fsp3) is 0.0625. The summed E-state index contributed by atoms with van der Waals surface area (Å²) in [6, 6.07) is 34.0. The number of benzene rings is 4. The van der Waals surface area contributed by atoms with Crippen LogP contribution in [0.3, 0.4) is 0 Å². The maximum Gasteiger partial charge on any atom is 0.264 e. The van der Waals surface area contributed by atoms with Gasteiger partial charge >= 0.3 is 0 Å². The van der Waals surface area contributed by atoms with Crippen LogP contribution in [0.5, 0.6) is 0 Å². The van der Waals surface area contributed by atoms with Crippen molar-refractivity contribution in [2.45, 2.75) is 18.0 Å². The van der Waals surface area contributed by atoms with Crippen LogP contribution in [0.4, 0.5) is 11.4 Å². The second-order valence-electron chi connectivity index (χ2n) is 9.12. The Labute approximate surface area is 238 Å². The van der Waals surface area contributed by atoms with E-state index in [1.165, 1.54) is 10.6 Å². The third kappa shape index (κ3) is 6.54. The highest BCUT2D eigenvalue weighted by atomic mass is 32.2. The summed E-state index contributed by atoms with van der Waals surface area (Å²) in [5.41, 5.74) is 2.26. The topological polar surface area (TPSA) is 109 Å². The van der Waals surface area contributed by atoms with Crippen LogP contribution in [0, 0.1) is 0 Å². The van der Waals surface area contributed by atoms with Gasteiger partial charge in [-0.3, -0.25) is 13.9 Å². The van der Waals surface area contributed by atoms with Gasteiger partial charge < -0.3 is 15.1 Å². The van der Waals surface area contributed by atoms with E-state index >= 15 is 0 Å². The molecule has 0 saturated carbocycles. The lowest BCUT2D eigenvalue weighted by Crippen LogP contribution is -2.30. The van der Waals surface area contributed by atoms with Crippen molar-refractivity contribution in [3.05, 3.63) is 150 Å². The van der Waals surface area contributed by atoms with E-state index < -0.39 is 15.9 Å². The predicted molar refractivity (Wildman–Crippen MR) is 157 cm³/mol. The molecule has 0 bridgehead atoms. The Morgan fingerprint density at radius 3 is 2.05 bits per heavy atom. The summed E-state index contributed by atoms with van der Waals surface area (Å²) in [6.07, 6.45) is 1.53. The fourth-order valence-electron chi connectivity index (χ4n) is 4.22. The maximum atomic E-state index is 13.5. The molecular weight excluding hydrogens is 538 g/mol. The molecule has 0 aliphatic rings. The van der Waals surface area contributed by atoms with Gasteiger partial charge in [0.05, 0.1) is 41.2 Å². The van der Waals surface area contributed by atoms with Crippen molar-refractivity contribution in [3.63, 3.8) is 0 Å². The molecule has 1 aromatic heterocycles. The molecule has 0 fully saturated rings. The Hall–Kier alpha value is -5.15. The minimum Gasteiger partial charge on any atom is -0.467 e. The van der Waals surface area contributed by atoms with Gasteiger partial charge in [-0.15, -0.1) is 0 Å². The first-order valence-electron chi connectivity index (χ1n) is 12.8. The van der Waals surface area contributed by atoms with Gasteiger partial charge in [-0.2, -0.15) is 0 Å². The number of carbonyl (C=O) groups is 2. The summed E-state index contributed by atoms with van der Waals surface area (Å²) >= 11 is 0. The van der Waals surface area contributed by atoms with E-state index in [1.807, 2.05) is 6.07 Å². The van der Waals surface area contributed by atoms with Crippen molar-refractivity contribution in [2.75, 3.05) is 9.62 Å². The second-order valence-corrected chi connectivity index (χ2v) is 11.0. The normalized spacial score (nSPS) is 11.0. The monoisotopic (exact) mass is 565 g/mol. The van der Waals surface area contributed by atoms with Gasteiger partial charge in [-0.1, -0.05) is 60.7 Å². The lowest BCUT2D eigenvalue weighted by molar-refractivity contribution is 0.0949. The Balaban J connectivity index is 1.31. The fourth-order valence-corrected chi connectivity index (χ4v) is 5.69. The highest BCUT2D eigenvalue weighted by Gasteiger charge is 2.25. The molecular formula is C32H27N3O5S. The number of nitrogens with one attached hydrogen (secondary N) is 2. The third-order valence-electron chi connectivity index (χ3n) is 6.34. The van der Waals surface area contributed by atoms with Crippen molar-refractivity contribution >= 4 is 33.2 Å². The summed E-state index contributed by atoms with van der Waals surface area (Å²) in [6.45, 7) is 0.289. The van der Waals surface area contributed by atoms with Crippen LogP contribution in [0.15, 0.2) is 137 Å². The molecule has 5 aromatic rings. The summed E-state index contributed by atoms with van der Waals surface area (Å²) in [4.78, 5) is 26.0. The zero-order chi connectivity index (χ0) is 28.7. The minimum atomic E-state index is -3.84. The largest absolute Gasteiger partial charge is 0.467 e. The van der Waals surface area contributed by atoms with E-state index in [0.29, 0.717) is 33.8 Å². The number of amides is 2. The van der Waals surface area contributed by atoms with Crippen LogP contribution < -0.4 is 14.9 Å². The van der Waals surface area contributed by atoms with Crippen molar-refractivity contribution in [1.29, 1.82) is 0 Å². The predicted octanol–water partition coefficient (Wildman–Crippen LogP) is 5.86. The molecule has 0 unspecified atom stereocenters. The van der Waals surface area contributed by atoms with Crippen LogP contribution in [0.1, 0.15) is 32.0 Å². The van der Waals surface area contributed by atoms with Crippen molar-refractivity contribution in [2.24, 2.45) is 0 Å². The molecule has 0 radical (unpaired) electrons. The molecule has 2 amide bonds. The van der Waals surface area contributed by atoms with Gasteiger partial charge in [0.2, 0.25) is 0 Å². The number of hydrogen-bond donors (Lipinski definition) is 2. The zero-order valence-electron chi connectivity index (χ0n) is 21.9. The van der Waals surface area contributed by atoms with Crippen molar-refractivity contribution < 1.29 is 22.4 Å². The maximum absolute atomic E-state index is 13.5. The molecule has 4 aromatic carbocycles. The summed E-state index contributed by atoms with van der Waals surface area (Å²) in [5.74, 6) is -0.143. The van der Waals surface area contributed by atoms with E-state index in [0.717, 1.165) is 0 Å². The average molecular weight is 566 g/mol. The molecule has 0 spiro atoms. The zero-order valence-corrected chi connectivity index (χ0v) is 22.8. The second kappa shape index (κ2) is 12.4. The highest BCUT2D eigenvalue weighted by Crippen LogP contribution is 2.26. The Morgan fingerprint density at radius 1 is 0.707 bits per heavy atom. The molecule has 41 heavy (non-hydrogen) atoms. The average Bonchev–Trinajstić information content (AvgIpc) is 3.54. The number of nitrogens with zero attached hydrogens (tertiary/aromatic N) is 1. The van der Waals surface area contributed by atoms with E-state index in [-0.39, 0.29) is 23.9 Å². The van der Waals surface area contributed by atoms with Crippen molar-refractivity contribution in [1.82, 2.24) is 5.32 Å². The molecule has 0 aliphatic heterocycles. The van der Waals surface area contributed by atoms with E-state index in [9.17, 15) is 18.0 Å². The van der Waals surface area contributed by atoms with Crippen LogP contribution in [-0.4, -0.2) is 20.2 Å². The number of furan rings is 1. The van der Waals surface area contributed by atoms with Gasteiger partial charge in [0, 0.05) is 5.56 Å². The molecule has 206 valence electrons. The van der Waals surface area contributed by atoms with Crippen LogP contribution in [0.2, 0.25) is 0 Å². The molecule has 5 rings (SSSR count). The standard InChI is InChI=1S/C32H27N3O5S/c36-31(34-30-16-8-7-15-29(30)32(37)33-22-27-12-9-21-40-27)25-19-17-24(18-20-25)23-35(26-10-3-1-4-11-26)41(38,39)28-13-5-2-6-14-28/h1-21H,22-23H2,(H,33,37)(H,34,36). The first kappa shape index (κ1) is 27.4. The van der Waals surface area contributed by atoms with Crippen LogP contribution in [-0.2, 0) is 23.1 Å². The first-order valence-corrected chi connectivity index (χ1v) is 14.3. The summed E-state index contributed by atoms with van der Waals surface area (Å²) < 4.78 is 33.7. The molecule has 1 heterocycles. The number of para-hydroxylation sites is 2.